The lowest BCUT2D eigenvalue weighted by molar-refractivity contribution is -0.858. The number of nitrogens with one attached hydrogen (secondary N) is 1. The second kappa shape index (κ2) is 10.2. The first kappa shape index (κ1) is 23.8. The minimum absolute atomic E-state index is 0.0401. The quantitative estimate of drug-likeness (QED) is 0.333. The summed E-state index contributed by atoms with van der Waals surface area (Å²) in [7, 11) is 7.04. The molecule has 7 nitrogen and oxygen atoms in total. The smallest absolute Gasteiger partial charge is 0.295 e. The van der Waals surface area contributed by atoms with Gasteiger partial charge in [0.05, 0.1) is 40.9 Å². The summed E-state index contributed by atoms with van der Waals surface area (Å²) in [6.07, 6.45) is 0.714. The van der Waals surface area contributed by atoms with Crippen LogP contribution in [0.3, 0.4) is 0 Å². The maximum atomic E-state index is 13.5. The van der Waals surface area contributed by atoms with Crippen molar-refractivity contribution in [1.82, 2.24) is 4.90 Å². The van der Waals surface area contributed by atoms with E-state index in [0.29, 0.717) is 30.0 Å². The zero-order valence-electron chi connectivity index (χ0n) is 18.6. The van der Waals surface area contributed by atoms with Crippen LogP contribution >= 0.6 is 15.9 Å². The van der Waals surface area contributed by atoms with Gasteiger partial charge in [0.25, 0.3) is 5.91 Å². The van der Waals surface area contributed by atoms with E-state index in [0.717, 1.165) is 11.0 Å². The van der Waals surface area contributed by atoms with Gasteiger partial charge in [-0.1, -0.05) is 39.9 Å². The molecular weight excluding hydrogens is 476 g/mol. The first-order valence-corrected chi connectivity index (χ1v) is 11.1. The lowest BCUT2D eigenvalue weighted by Crippen LogP contribution is -3.05. The Balaban J connectivity index is 2.11. The van der Waals surface area contributed by atoms with E-state index in [1.54, 1.807) is 12.1 Å². The Hall–Kier alpha value is -2.84. The van der Waals surface area contributed by atoms with Crippen LogP contribution in [0.2, 0.25) is 0 Å². The molecule has 1 aliphatic heterocycles. The lowest BCUT2D eigenvalue weighted by Gasteiger charge is -2.28. The van der Waals surface area contributed by atoms with Gasteiger partial charge in [-0.25, -0.2) is 0 Å². The highest BCUT2D eigenvalue weighted by atomic mass is 79.9. The van der Waals surface area contributed by atoms with E-state index in [2.05, 4.69) is 15.9 Å². The number of quaternary nitrogens is 1. The first-order chi connectivity index (χ1) is 15.3. The molecule has 0 spiro atoms. The van der Waals surface area contributed by atoms with Crippen molar-refractivity contribution < 1.29 is 29.1 Å². The molecule has 0 bridgehead atoms. The average Bonchev–Trinajstić information content (AvgIpc) is 3.03. The van der Waals surface area contributed by atoms with Crippen LogP contribution in [0, 0.1) is 0 Å². The van der Waals surface area contributed by atoms with Crippen molar-refractivity contribution in [3.05, 3.63) is 63.6 Å². The van der Waals surface area contributed by atoms with E-state index in [1.807, 2.05) is 38.4 Å². The van der Waals surface area contributed by atoms with Crippen molar-refractivity contribution in [3.63, 3.8) is 0 Å². The molecule has 1 saturated heterocycles. The number of benzene rings is 2. The van der Waals surface area contributed by atoms with Crippen molar-refractivity contribution in [1.29, 1.82) is 0 Å². The lowest BCUT2D eigenvalue weighted by atomic mass is 9.95. The minimum atomic E-state index is -0.755. The fourth-order valence-corrected chi connectivity index (χ4v) is 4.09. The van der Waals surface area contributed by atoms with Gasteiger partial charge in [-0.15, -0.1) is 0 Å². The number of Topliss-reactive ketones (excluding diaryl/α,β-unsaturated/α-hetero) is 1. The molecule has 2 aromatic rings. The SMILES string of the molecule is COc1ccc(/C([O-])=C2\C(=O)C(=O)N(CCC[NH+](C)C)C2c2ccc(Br)cc2)cc1OC. The number of rotatable bonds is 8. The third kappa shape index (κ3) is 4.81. The second-order valence-corrected chi connectivity index (χ2v) is 8.82. The molecule has 1 N–H and O–H groups in total. The van der Waals surface area contributed by atoms with Gasteiger partial charge in [-0.2, -0.15) is 0 Å². The first-order valence-electron chi connectivity index (χ1n) is 10.3. The molecule has 2 aromatic carbocycles. The number of ketones is 1. The summed E-state index contributed by atoms with van der Waals surface area (Å²) in [6.45, 7) is 1.23. The summed E-state index contributed by atoms with van der Waals surface area (Å²) >= 11 is 3.41. The molecule has 8 heteroatoms. The van der Waals surface area contributed by atoms with Gasteiger partial charge in [-0.3, -0.25) is 9.59 Å². The zero-order valence-corrected chi connectivity index (χ0v) is 20.2. The Morgan fingerprint density at radius 2 is 1.72 bits per heavy atom. The number of ether oxygens (including phenoxy) is 2. The van der Waals surface area contributed by atoms with Crippen LogP contribution in [0.5, 0.6) is 11.5 Å². The van der Waals surface area contributed by atoms with E-state index in [1.165, 1.54) is 30.1 Å². The van der Waals surface area contributed by atoms with Crippen LogP contribution in [0.1, 0.15) is 23.6 Å². The third-order valence-electron chi connectivity index (χ3n) is 5.44. The highest BCUT2D eigenvalue weighted by molar-refractivity contribution is 9.10. The molecule has 0 radical (unpaired) electrons. The number of amides is 1. The largest absolute Gasteiger partial charge is 0.872 e. The fourth-order valence-electron chi connectivity index (χ4n) is 3.83. The molecule has 0 saturated carbocycles. The summed E-state index contributed by atoms with van der Waals surface area (Å²) in [5.74, 6) is -1.04. The maximum Gasteiger partial charge on any atom is 0.295 e. The Labute approximate surface area is 196 Å². The van der Waals surface area contributed by atoms with Crippen LogP contribution in [0.25, 0.3) is 5.76 Å². The molecule has 170 valence electrons. The molecule has 3 rings (SSSR count). The Kier molecular flexibility index (Phi) is 7.58. The van der Waals surface area contributed by atoms with Crippen LogP contribution in [0.4, 0.5) is 0 Å². The Bertz CT molecular complexity index is 1030. The zero-order chi connectivity index (χ0) is 23.4. The molecule has 1 atom stereocenters. The van der Waals surface area contributed by atoms with E-state index < -0.39 is 23.5 Å². The van der Waals surface area contributed by atoms with Crippen LogP contribution < -0.4 is 19.5 Å². The normalized spacial score (nSPS) is 17.8. The number of halogens is 1. The number of carbonyl (C=O) groups excluding carboxylic acids is 2. The van der Waals surface area contributed by atoms with Gasteiger partial charge in [0.15, 0.2) is 11.5 Å². The molecule has 1 fully saturated rings. The van der Waals surface area contributed by atoms with Gasteiger partial charge < -0.3 is 24.4 Å². The van der Waals surface area contributed by atoms with Crippen molar-refractivity contribution >= 4 is 33.4 Å². The number of methoxy groups -OCH3 is 2. The van der Waals surface area contributed by atoms with Crippen molar-refractivity contribution in [2.24, 2.45) is 0 Å². The molecule has 1 amide bonds. The van der Waals surface area contributed by atoms with Crippen LogP contribution in [0.15, 0.2) is 52.5 Å². The number of hydrogen-bond donors (Lipinski definition) is 1. The molecule has 0 aliphatic carbocycles. The molecule has 0 aromatic heterocycles. The van der Waals surface area contributed by atoms with Gasteiger partial charge in [-0.05, 0) is 35.4 Å². The van der Waals surface area contributed by atoms with E-state index in [4.69, 9.17) is 9.47 Å². The molecular formula is C24H27BrN2O5. The third-order valence-corrected chi connectivity index (χ3v) is 5.97. The average molecular weight is 503 g/mol. The van der Waals surface area contributed by atoms with Crippen molar-refractivity contribution in [2.45, 2.75) is 12.5 Å². The molecule has 1 aliphatic rings. The Morgan fingerprint density at radius 1 is 1.06 bits per heavy atom. The summed E-state index contributed by atoms with van der Waals surface area (Å²) in [5, 5.41) is 13.5. The predicted octanol–water partition coefficient (Wildman–Crippen LogP) is 1.22. The van der Waals surface area contributed by atoms with Gasteiger partial charge in [0.1, 0.15) is 0 Å². The standard InChI is InChI=1S/C24H27BrN2O5/c1-26(2)12-5-13-27-21(15-6-9-17(25)10-7-15)20(23(29)24(27)30)22(28)16-8-11-18(31-3)19(14-16)32-4/h6-11,14,21,28H,5,12-13H2,1-4H3/b22-20+. The van der Waals surface area contributed by atoms with E-state index in [9.17, 15) is 14.7 Å². The van der Waals surface area contributed by atoms with Gasteiger partial charge in [0.2, 0.25) is 5.78 Å². The molecule has 32 heavy (non-hydrogen) atoms. The van der Waals surface area contributed by atoms with E-state index in [-0.39, 0.29) is 11.1 Å². The summed E-state index contributed by atoms with van der Waals surface area (Å²) in [4.78, 5) is 28.7. The summed E-state index contributed by atoms with van der Waals surface area (Å²) in [5.41, 5.74) is 0.940. The van der Waals surface area contributed by atoms with Crippen LogP contribution in [-0.2, 0) is 9.59 Å². The number of carbonyl (C=O) groups is 2. The number of hydrogen-bond acceptors (Lipinski definition) is 5. The summed E-state index contributed by atoms with van der Waals surface area (Å²) < 4.78 is 11.4. The predicted molar refractivity (Wildman–Crippen MR) is 122 cm³/mol. The minimum Gasteiger partial charge on any atom is -0.872 e. The second-order valence-electron chi connectivity index (χ2n) is 7.90. The highest BCUT2D eigenvalue weighted by Gasteiger charge is 2.43. The van der Waals surface area contributed by atoms with Crippen molar-refractivity contribution in [3.8, 4) is 11.5 Å². The van der Waals surface area contributed by atoms with Crippen molar-refractivity contribution in [2.75, 3.05) is 41.4 Å². The van der Waals surface area contributed by atoms with Gasteiger partial charge >= 0.3 is 0 Å². The topological polar surface area (TPSA) is 83.3 Å². The van der Waals surface area contributed by atoms with Gasteiger partial charge in [0, 0.05) is 23.0 Å². The fraction of sp³-hybridized carbons (Fsp3) is 0.333. The highest BCUT2D eigenvalue weighted by Crippen LogP contribution is 2.40. The number of likely N-dealkylation sites (tertiary alicyclic amines) is 1. The Morgan fingerprint density at radius 3 is 2.31 bits per heavy atom. The van der Waals surface area contributed by atoms with Crippen LogP contribution in [-0.4, -0.2) is 58.0 Å². The molecule has 1 unspecified atom stereocenters. The maximum absolute atomic E-state index is 13.5. The monoisotopic (exact) mass is 502 g/mol. The number of nitrogens with zero attached hydrogens (tertiary/aromatic N) is 1. The summed E-state index contributed by atoms with van der Waals surface area (Å²) in [6, 6.07) is 11.3. The molecule has 1 heterocycles. The van der Waals surface area contributed by atoms with E-state index >= 15 is 0 Å².